The van der Waals surface area contributed by atoms with Gasteiger partial charge in [0.05, 0.1) is 19.1 Å². The molecule has 0 bridgehead atoms. The Balaban J connectivity index is 2.77. The lowest BCUT2D eigenvalue weighted by molar-refractivity contribution is -0.139. The third kappa shape index (κ3) is 3.46. The number of phenolic OH excluding ortho intramolecular Hbond substituents is 2. The number of rotatable bonds is 4. The lowest BCUT2D eigenvalue weighted by Crippen LogP contribution is -2.11. The molecule has 5 nitrogen and oxygen atoms in total. The average molecular weight is 335 g/mol. The van der Waals surface area contributed by atoms with Crippen LogP contribution in [0, 0.1) is 0 Å². The molecule has 2 N–H and O–H groups in total. The van der Waals surface area contributed by atoms with Crippen molar-refractivity contribution in [2.24, 2.45) is 0 Å². The third-order valence-electron chi connectivity index (χ3n) is 3.42. The van der Waals surface area contributed by atoms with E-state index in [0.29, 0.717) is 10.6 Å². The van der Waals surface area contributed by atoms with Crippen molar-refractivity contribution in [3.8, 4) is 22.6 Å². The summed E-state index contributed by atoms with van der Waals surface area (Å²) in [4.78, 5) is 23.6. The molecule has 23 heavy (non-hydrogen) atoms. The fourth-order valence-electron chi connectivity index (χ4n) is 2.43. The summed E-state index contributed by atoms with van der Waals surface area (Å²) in [6.45, 7) is 1.28. The Hall–Kier alpha value is -2.53. The van der Waals surface area contributed by atoms with Gasteiger partial charge in [-0.15, -0.1) is 0 Å². The quantitative estimate of drug-likeness (QED) is 0.661. The summed E-state index contributed by atoms with van der Waals surface area (Å²) in [6, 6.07) is 7.64. The SMILES string of the molecule is COC(=O)Cc1c(C(C)=O)c(O)cc(O)c1-c1ccc(Cl)cc1. The Kier molecular flexibility index (Phi) is 4.91. The first kappa shape index (κ1) is 16.8. The normalized spacial score (nSPS) is 10.4. The predicted octanol–water partition coefficient (Wildman–Crippen LogP) is 3.34. The first-order chi connectivity index (χ1) is 10.8. The van der Waals surface area contributed by atoms with E-state index >= 15 is 0 Å². The summed E-state index contributed by atoms with van der Waals surface area (Å²) in [6.07, 6.45) is -0.259. The van der Waals surface area contributed by atoms with Crippen LogP contribution in [0.4, 0.5) is 0 Å². The van der Waals surface area contributed by atoms with E-state index in [1.807, 2.05) is 0 Å². The maximum atomic E-state index is 11.9. The van der Waals surface area contributed by atoms with Crippen LogP contribution in [0.3, 0.4) is 0 Å². The lowest BCUT2D eigenvalue weighted by Gasteiger charge is -2.16. The van der Waals surface area contributed by atoms with Gasteiger partial charge in [0.2, 0.25) is 0 Å². The summed E-state index contributed by atoms with van der Waals surface area (Å²) < 4.78 is 4.64. The van der Waals surface area contributed by atoms with Crippen molar-refractivity contribution in [1.29, 1.82) is 0 Å². The highest BCUT2D eigenvalue weighted by Crippen LogP contribution is 2.40. The molecule has 0 spiro atoms. The summed E-state index contributed by atoms with van der Waals surface area (Å²) in [5.74, 6) is -1.63. The van der Waals surface area contributed by atoms with Crippen molar-refractivity contribution < 1.29 is 24.5 Å². The first-order valence-corrected chi connectivity index (χ1v) is 7.14. The van der Waals surface area contributed by atoms with Gasteiger partial charge in [0.15, 0.2) is 5.78 Å². The van der Waals surface area contributed by atoms with Gasteiger partial charge in [-0.2, -0.15) is 0 Å². The fraction of sp³-hybridized carbons (Fsp3) is 0.176. The summed E-state index contributed by atoms with van der Waals surface area (Å²) in [5.41, 5.74) is 1.05. The molecule has 0 aromatic heterocycles. The van der Waals surface area contributed by atoms with Crippen molar-refractivity contribution in [2.75, 3.05) is 7.11 Å². The molecule has 0 saturated heterocycles. The topological polar surface area (TPSA) is 83.8 Å². The molecule has 0 radical (unpaired) electrons. The zero-order valence-electron chi connectivity index (χ0n) is 12.6. The number of hydrogen-bond donors (Lipinski definition) is 2. The van der Waals surface area contributed by atoms with Crippen molar-refractivity contribution >= 4 is 23.4 Å². The van der Waals surface area contributed by atoms with Gasteiger partial charge in [0, 0.05) is 16.7 Å². The number of phenols is 2. The van der Waals surface area contributed by atoms with Crippen molar-refractivity contribution in [3.05, 3.63) is 46.5 Å². The molecule has 0 atom stereocenters. The van der Waals surface area contributed by atoms with Crippen LogP contribution in [-0.2, 0) is 16.0 Å². The molecule has 120 valence electrons. The molecule has 0 saturated carbocycles. The van der Waals surface area contributed by atoms with E-state index in [1.54, 1.807) is 24.3 Å². The molecule has 0 aliphatic carbocycles. The van der Waals surface area contributed by atoms with Crippen LogP contribution in [-0.4, -0.2) is 29.1 Å². The molecule has 6 heteroatoms. The van der Waals surface area contributed by atoms with E-state index < -0.39 is 11.8 Å². The minimum Gasteiger partial charge on any atom is -0.507 e. The lowest BCUT2D eigenvalue weighted by atomic mass is 9.90. The largest absolute Gasteiger partial charge is 0.507 e. The zero-order valence-corrected chi connectivity index (χ0v) is 13.3. The Morgan fingerprint density at radius 1 is 1.13 bits per heavy atom. The number of Topliss-reactive ketones (excluding diaryl/α,β-unsaturated/α-hetero) is 1. The van der Waals surface area contributed by atoms with Gasteiger partial charge < -0.3 is 14.9 Å². The van der Waals surface area contributed by atoms with Crippen molar-refractivity contribution in [2.45, 2.75) is 13.3 Å². The second-order valence-corrected chi connectivity index (χ2v) is 5.40. The number of methoxy groups -OCH3 is 1. The number of ketones is 1. The molecule has 0 unspecified atom stereocenters. The zero-order chi connectivity index (χ0) is 17.1. The van der Waals surface area contributed by atoms with Crippen molar-refractivity contribution in [3.63, 3.8) is 0 Å². The van der Waals surface area contributed by atoms with E-state index in [2.05, 4.69) is 4.74 Å². The van der Waals surface area contributed by atoms with Crippen LogP contribution >= 0.6 is 11.6 Å². The number of aromatic hydroxyl groups is 2. The third-order valence-corrected chi connectivity index (χ3v) is 3.67. The molecule has 0 aliphatic heterocycles. The van der Waals surface area contributed by atoms with Crippen LogP contribution in [0.15, 0.2) is 30.3 Å². The van der Waals surface area contributed by atoms with Gasteiger partial charge in [-0.1, -0.05) is 23.7 Å². The standard InChI is InChI=1S/C17H15ClO5/c1-9(19)16-12(7-15(22)23-2)17(14(21)8-13(16)20)10-3-5-11(18)6-4-10/h3-6,8,20-21H,7H2,1-2H3. The van der Waals surface area contributed by atoms with Crippen LogP contribution in [0.5, 0.6) is 11.5 Å². The second-order valence-electron chi connectivity index (χ2n) is 4.96. The van der Waals surface area contributed by atoms with Crippen molar-refractivity contribution in [1.82, 2.24) is 0 Å². The molecule has 0 amide bonds. The smallest absolute Gasteiger partial charge is 0.310 e. The van der Waals surface area contributed by atoms with E-state index in [4.69, 9.17) is 11.6 Å². The van der Waals surface area contributed by atoms with Crippen LogP contribution in [0.2, 0.25) is 5.02 Å². The monoisotopic (exact) mass is 334 g/mol. The van der Waals surface area contributed by atoms with E-state index in [1.165, 1.54) is 14.0 Å². The highest BCUT2D eigenvalue weighted by Gasteiger charge is 2.23. The first-order valence-electron chi connectivity index (χ1n) is 6.76. The number of carbonyl (C=O) groups is 2. The molecule has 0 fully saturated rings. The summed E-state index contributed by atoms with van der Waals surface area (Å²) >= 11 is 5.86. The number of benzene rings is 2. The Labute approximate surface area is 138 Å². The van der Waals surface area contributed by atoms with Crippen LogP contribution in [0.1, 0.15) is 22.8 Å². The molecule has 2 rings (SSSR count). The highest BCUT2D eigenvalue weighted by atomic mass is 35.5. The number of esters is 1. The Morgan fingerprint density at radius 2 is 1.74 bits per heavy atom. The van der Waals surface area contributed by atoms with Crippen LogP contribution < -0.4 is 0 Å². The van der Waals surface area contributed by atoms with Crippen LogP contribution in [0.25, 0.3) is 11.1 Å². The number of hydrogen-bond acceptors (Lipinski definition) is 5. The average Bonchev–Trinajstić information content (AvgIpc) is 2.48. The Morgan fingerprint density at radius 3 is 2.26 bits per heavy atom. The van der Waals surface area contributed by atoms with Gasteiger partial charge in [-0.25, -0.2) is 0 Å². The second kappa shape index (κ2) is 6.71. The predicted molar refractivity (Wildman–Crippen MR) is 85.9 cm³/mol. The minimum absolute atomic E-state index is 0.0156. The number of carbonyl (C=O) groups excluding carboxylic acids is 2. The van der Waals surface area contributed by atoms with E-state index in [-0.39, 0.29) is 34.6 Å². The van der Waals surface area contributed by atoms with E-state index in [9.17, 15) is 19.8 Å². The highest BCUT2D eigenvalue weighted by molar-refractivity contribution is 6.30. The molecule has 2 aromatic rings. The number of ether oxygens (including phenoxy) is 1. The molecule has 0 aliphatic rings. The maximum Gasteiger partial charge on any atom is 0.310 e. The van der Waals surface area contributed by atoms with Gasteiger partial charge in [0.25, 0.3) is 0 Å². The fourth-order valence-corrected chi connectivity index (χ4v) is 2.56. The minimum atomic E-state index is -0.590. The number of halogens is 1. The summed E-state index contributed by atoms with van der Waals surface area (Å²) in [7, 11) is 1.22. The maximum absolute atomic E-state index is 11.9. The van der Waals surface area contributed by atoms with E-state index in [0.717, 1.165) is 6.07 Å². The van der Waals surface area contributed by atoms with Gasteiger partial charge in [-0.05, 0) is 30.2 Å². The summed E-state index contributed by atoms with van der Waals surface area (Å²) in [5, 5.41) is 20.7. The Bertz CT molecular complexity index is 766. The van der Waals surface area contributed by atoms with Gasteiger partial charge in [-0.3, -0.25) is 9.59 Å². The molecular formula is C17H15ClO5. The van der Waals surface area contributed by atoms with Gasteiger partial charge >= 0.3 is 5.97 Å². The molecule has 2 aromatic carbocycles. The van der Waals surface area contributed by atoms with Gasteiger partial charge in [0.1, 0.15) is 11.5 Å². The molecule has 0 heterocycles. The molecular weight excluding hydrogens is 320 g/mol.